The molecular formula is C12H13BrN2O2. The van der Waals surface area contributed by atoms with E-state index in [0.29, 0.717) is 18.5 Å². The Morgan fingerprint density at radius 1 is 1.29 bits per heavy atom. The molecule has 1 aromatic rings. The van der Waals surface area contributed by atoms with Crippen molar-refractivity contribution in [1.29, 1.82) is 0 Å². The third-order valence-corrected chi connectivity index (χ3v) is 3.46. The fourth-order valence-electron chi connectivity index (χ4n) is 2.06. The SMILES string of the molecule is NC(=O)[C@@H]1CCCN1C(=O)c1ccc(Br)cc1. The largest absolute Gasteiger partial charge is 0.368 e. The summed E-state index contributed by atoms with van der Waals surface area (Å²) in [6.45, 7) is 0.600. The van der Waals surface area contributed by atoms with E-state index >= 15 is 0 Å². The average molecular weight is 297 g/mol. The molecule has 2 N–H and O–H groups in total. The number of nitrogens with zero attached hydrogens (tertiary/aromatic N) is 1. The van der Waals surface area contributed by atoms with Crippen molar-refractivity contribution in [2.75, 3.05) is 6.54 Å². The maximum atomic E-state index is 12.2. The first-order valence-corrected chi connectivity index (χ1v) is 6.25. The van der Waals surface area contributed by atoms with Crippen LogP contribution in [0.15, 0.2) is 28.7 Å². The maximum absolute atomic E-state index is 12.2. The van der Waals surface area contributed by atoms with Gasteiger partial charge in [-0.2, -0.15) is 0 Å². The van der Waals surface area contributed by atoms with Gasteiger partial charge in [0.2, 0.25) is 5.91 Å². The number of rotatable bonds is 2. The number of carbonyl (C=O) groups excluding carboxylic acids is 2. The summed E-state index contributed by atoms with van der Waals surface area (Å²) in [5.41, 5.74) is 5.87. The van der Waals surface area contributed by atoms with Crippen molar-refractivity contribution in [1.82, 2.24) is 4.90 Å². The molecule has 0 aliphatic carbocycles. The number of hydrogen-bond donors (Lipinski definition) is 1. The van der Waals surface area contributed by atoms with Gasteiger partial charge >= 0.3 is 0 Å². The van der Waals surface area contributed by atoms with E-state index < -0.39 is 11.9 Å². The minimum absolute atomic E-state index is 0.126. The van der Waals surface area contributed by atoms with Crippen LogP contribution >= 0.6 is 15.9 Å². The summed E-state index contributed by atoms with van der Waals surface area (Å²) in [5, 5.41) is 0. The minimum atomic E-state index is -0.453. The second kappa shape index (κ2) is 4.87. The zero-order chi connectivity index (χ0) is 12.4. The van der Waals surface area contributed by atoms with Crippen LogP contribution in [0.25, 0.3) is 0 Å². The predicted octanol–water partition coefficient (Wildman–Crippen LogP) is 1.54. The zero-order valence-electron chi connectivity index (χ0n) is 9.23. The molecule has 1 atom stereocenters. The second-order valence-electron chi connectivity index (χ2n) is 4.07. The van der Waals surface area contributed by atoms with Crippen LogP contribution < -0.4 is 5.73 Å². The highest BCUT2D eigenvalue weighted by Gasteiger charge is 2.32. The van der Waals surface area contributed by atoms with Crippen molar-refractivity contribution < 1.29 is 9.59 Å². The molecular weight excluding hydrogens is 284 g/mol. The van der Waals surface area contributed by atoms with E-state index in [9.17, 15) is 9.59 Å². The molecule has 1 saturated heterocycles. The molecule has 1 aliphatic heterocycles. The zero-order valence-corrected chi connectivity index (χ0v) is 10.8. The van der Waals surface area contributed by atoms with Crippen molar-refractivity contribution >= 4 is 27.7 Å². The first-order chi connectivity index (χ1) is 8.09. The molecule has 1 fully saturated rings. The molecule has 2 amide bonds. The van der Waals surface area contributed by atoms with E-state index in [1.807, 2.05) is 12.1 Å². The van der Waals surface area contributed by atoms with Crippen molar-refractivity contribution in [3.63, 3.8) is 0 Å². The molecule has 5 heteroatoms. The van der Waals surface area contributed by atoms with E-state index in [4.69, 9.17) is 5.73 Å². The van der Waals surface area contributed by atoms with Crippen LogP contribution in [-0.4, -0.2) is 29.3 Å². The summed E-state index contributed by atoms with van der Waals surface area (Å²) < 4.78 is 0.918. The van der Waals surface area contributed by atoms with Gasteiger partial charge in [0.05, 0.1) is 0 Å². The van der Waals surface area contributed by atoms with Gasteiger partial charge in [0, 0.05) is 16.6 Å². The van der Waals surface area contributed by atoms with Crippen LogP contribution in [0.1, 0.15) is 23.2 Å². The van der Waals surface area contributed by atoms with Crippen molar-refractivity contribution in [3.05, 3.63) is 34.3 Å². The van der Waals surface area contributed by atoms with Gasteiger partial charge < -0.3 is 10.6 Å². The molecule has 4 nitrogen and oxygen atoms in total. The summed E-state index contributed by atoms with van der Waals surface area (Å²) in [6.07, 6.45) is 1.49. The minimum Gasteiger partial charge on any atom is -0.368 e. The van der Waals surface area contributed by atoms with Gasteiger partial charge in [-0.25, -0.2) is 0 Å². The highest BCUT2D eigenvalue weighted by molar-refractivity contribution is 9.10. The number of benzene rings is 1. The smallest absolute Gasteiger partial charge is 0.254 e. The standard InChI is InChI=1S/C12H13BrN2O2/c13-9-5-3-8(4-6-9)12(17)15-7-1-2-10(15)11(14)16/h3-6,10H,1-2,7H2,(H2,14,16)/t10-/m0/s1. The molecule has 0 bridgehead atoms. The number of hydrogen-bond acceptors (Lipinski definition) is 2. The summed E-state index contributed by atoms with van der Waals surface area (Å²) in [7, 11) is 0. The van der Waals surface area contributed by atoms with Gasteiger partial charge in [0.15, 0.2) is 0 Å². The fourth-order valence-corrected chi connectivity index (χ4v) is 2.33. The Hall–Kier alpha value is -1.36. The summed E-state index contributed by atoms with van der Waals surface area (Å²) in [4.78, 5) is 25.0. The normalized spacial score (nSPS) is 19.4. The van der Waals surface area contributed by atoms with Crippen LogP contribution in [0, 0.1) is 0 Å². The van der Waals surface area contributed by atoms with Crippen LogP contribution in [0.4, 0.5) is 0 Å². The lowest BCUT2D eigenvalue weighted by Gasteiger charge is -2.22. The lowest BCUT2D eigenvalue weighted by atomic mass is 10.1. The Labute approximate surface area is 108 Å². The Balaban J connectivity index is 2.19. The van der Waals surface area contributed by atoms with Crippen LogP contribution in [0.5, 0.6) is 0 Å². The average Bonchev–Trinajstić information content (AvgIpc) is 2.78. The van der Waals surface area contributed by atoms with E-state index in [2.05, 4.69) is 15.9 Å². The molecule has 2 rings (SSSR count). The summed E-state index contributed by atoms with van der Waals surface area (Å²) in [5.74, 6) is -0.549. The number of halogens is 1. The topological polar surface area (TPSA) is 63.4 Å². The van der Waals surface area contributed by atoms with Crippen molar-refractivity contribution in [2.24, 2.45) is 5.73 Å². The Morgan fingerprint density at radius 3 is 2.53 bits per heavy atom. The first-order valence-electron chi connectivity index (χ1n) is 5.45. The van der Waals surface area contributed by atoms with Crippen LogP contribution in [0.2, 0.25) is 0 Å². The van der Waals surface area contributed by atoms with Crippen molar-refractivity contribution in [2.45, 2.75) is 18.9 Å². The third kappa shape index (κ3) is 2.49. The number of nitrogens with two attached hydrogens (primary N) is 1. The molecule has 1 aliphatic rings. The van der Waals surface area contributed by atoms with E-state index in [-0.39, 0.29) is 5.91 Å². The van der Waals surface area contributed by atoms with Gasteiger partial charge in [-0.3, -0.25) is 9.59 Å². The summed E-state index contributed by atoms with van der Waals surface area (Å²) in [6, 6.07) is 6.64. The van der Waals surface area contributed by atoms with E-state index in [1.54, 1.807) is 17.0 Å². The molecule has 0 spiro atoms. The molecule has 1 aromatic carbocycles. The molecule has 90 valence electrons. The van der Waals surface area contributed by atoms with Crippen molar-refractivity contribution in [3.8, 4) is 0 Å². The predicted molar refractivity (Wildman–Crippen MR) is 67.4 cm³/mol. The lowest BCUT2D eigenvalue weighted by Crippen LogP contribution is -2.43. The molecule has 0 unspecified atom stereocenters. The second-order valence-corrected chi connectivity index (χ2v) is 4.98. The Bertz CT molecular complexity index is 444. The molecule has 1 heterocycles. The van der Waals surface area contributed by atoms with Gasteiger partial charge in [-0.15, -0.1) is 0 Å². The highest BCUT2D eigenvalue weighted by atomic mass is 79.9. The number of likely N-dealkylation sites (tertiary alicyclic amines) is 1. The number of primary amides is 1. The van der Waals surface area contributed by atoms with Gasteiger partial charge in [-0.05, 0) is 37.1 Å². The molecule has 0 aromatic heterocycles. The van der Waals surface area contributed by atoms with Gasteiger partial charge in [0.1, 0.15) is 6.04 Å². The van der Waals surface area contributed by atoms with E-state index in [0.717, 1.165) is 10.9 Å². The van der Waals surface area contributed by atoms with Gasteiger partial charge in [0.25, 0.3) is 5.91 Å². The number of carbonyl (C=O) groups is 2. The van der Waals surface area contributed by atoms with Crippen LogP contribution in [-0.2, 0) is 4.79 Å². The monoisotopic (exact) mass is 296 g/mol. The number of amides is 2. The molecule has 17 heavy (non-hydrogen) atoms. The Morgan fingerprint density at radius 2 is 1.94 bits per heavy atom. The van der Waals surface area contributed by atoms with Crippen LogP contribution in [0.3, 0.4) is 0 Å². The highest BCUT2D eigenvalue weighted by Crippen LogP contribution is 2.20. The molecule has 0 saturated carbocycles. The fraction of sp³-hybridized carbons (Fsp3) is 0.333. The lowest BCUT2D eigenvalue weighted by molar-refractivity contribution is -0.121. The molecule has 0 radical (unpaired) electrons. The third-order valence-electron chi connectivity index (χ3n) is 2.93. The Kier molecular flexibility index (Phi) is 3.47. The summed E-state index contributed by atoms with van der Waals surface area (Å²) >= 11 is 3.31. The first kappa shape index (κ1) is 12.1. The quantitative estimate of drug-likeness (QED) is 0.900. The maximum Gasteiger partial charge on any atom is 0.254 e. The van der Waals surface area contributed by atoms with Gasteiger partial charge in [-0.1, -0.05) is 15.9 Å². The van der Waals surface area contributed by atoms with E-state index in [1.165, 1.54) is 0 Å².